The number of methoxy groups -OCH3 is 1. The van der Waals surface area contributed by atoms with E-state index in [-0.39, 0.29) is 18.1 Å². The maximum absolute atomic E-state index is 11.5. The average Bonchev–Trinajstić information content (AvgIpc) is 2.85. The fraction of sp³-hybridized carbons (Fsp3) is 0.462. The molecule has 4 heteroatoms. The second-order valence-corrected chi connectivity index (χ2v) is 4.08. The molecular formula is C13H17NO3. The van der Waals surface area contributed by atoms with Gasteiger partial charge in [-0.1, -0.05) is 30.3 Å². The highest BCUT2D eigenvalue weighted by Crippen LogP contribution is 2.15. The first-order valence-corrected chi connectivity index (χ1v) is 5.78. The minimum absolute atomic E-state index is 0.0948. The zero-order chi connectivity index (χ0) is 12.1. The van der Waals surface area contributed by atoms with E-state index < -0.39 is 0 Å². The molecule has 1 fully saturated rings. The summed E-state index contributed by atoms with van der Waals surface area (Å²) >= 11 is 0. The maximum Gasteiger partial charge on any atom is 0.325 e. The van der Waals surface area contributed by atoms with E-state index in [1.807, 2.05) is 30.3 Å². The molecule has 1 heterocycles. The van der Waals surface area contributed by atoms with E-state index in [9.17, 15) is 4.79 Å². The SMILES string of the molecule is COC(=O)[C@H]1NCC[C@@H]1OCc1ccccc1. The van der Waals surface area contributed by atoms with Crippen molar-refractivity contribution in [1.29, 1.82) is 0 Å². The van der Waals surface area contributed by atoms with Crippen LogP contribution in [-0.4, -0.2) is 31.8 Å². The Balaban J connectivity index is 1.88. The fourth-order valence-electron chi connectivity index (χ4n) is 2.00. The lowest BCUT2D eigenvalue weighted by Gasteiger charge is -2.17. The van der Waals surface area contributed by atoms with E-state index in [2.05, 4.69) is 5.32 Å². The van der Waals surface area contributed by atoms with Gasteiger partial charge in [0.05, 0.1) is 19.8 Å². The summed E-state index contributed by atoms with van der Waals surface area (Å²) in [6.45, 7) is 1.32. The Morgan fingerprint density at radius 1 is 1.41 bits per heavy atom. The highest BCUT2D eigenvalue weighted by Gasteiger charge is 2.34. The van der Waals surface area contributed by atoms with Gasteiger partial charge in [-0.2, -0.15) is 0 Å². The minimum Gasteiger partial charge on any atom is -0.468 e. The summed E-state index contributed by atoms with van der Waals surface area (Å²) in [6.07, 6.45) is 0.745. The van der Waals surface area contributed by atoms with Crippen molar-refractivity contribution in [1.82, 2.24) is 5.32 Å². The summed E-state index contributed by atoms with van der Waals surface area (Å²) in [7, 11) is 1.40. The Hall–Kier alpha value is -1.39. The molecular weight excluding hydrogens is 218 g/mol. The zero-order valence-electron chi connectivity index (χ0n) is 9.89. The molecule has 0 amide bonds. The van der Waals surface area contributed by atoms with Crippen molar-refractivity contribution < 1.29 is 14.3 Å². The smallest absolute Gasteiger partial charge is 0.325 e. The van der Waals surface area contributed by atoms with Crippen LogP contribution < -0.4 is 5.32 Å². The molecule has 1 aromatic rings. The van der Waals surface area contributed by atoms with E-state index in [0.29, 0.717) is 6.61 Å². The number of esters is 1. The summed E-state index contributed by atoms with van der Waals surface area (Å²) in [5, 5.41) is 3.09. The van der Waals surface area contributed by atoms with Gasteiger partial charge < -0.3 is 14.8 Å². The van der Waals surface area contributed by atoms with Crippen molar-refractivity contribution in [2.75, 3.05) is 13.7 Å². The van der Waals surface area contributed by atoms with E-state index in [1.165, 1.54) is 7.11 Å². The van der Waals surface area contributed by atoms with Crippen molar-refractivity contribution in [2.45, 2.75) is 25.2 Å². The van der Waals surface area contributed by atoms with E-state index in [4.69, 9.17) is 9.47 Å². The normalized spacial score (nSPS) is 23.6. The van der Waals surface area contributed by atoms with Crippen LogP contribution >= 0.6 is 0 Å². The van der Waals surface area contributed by atoms with Gasteiger partial charge >= 0.3 is 5.97 Å². The first kappa shape index (κ1) is 12.1. The molecule has 0 unspecified atom stereocenters. The summed E-state index contributed by atoms with van der Waals surface area (Å²) in [6, 6.07) is 9.61. The predicted molar refractivity (Wildman–Crippen MR) is 63.4 cm³/mol. The molecule has 0 saturated carbocycles. The first-order valence-electron chi connectivity index (χ1n) is 5.78. The topological polar surface area (TPSA) is 47.6 Å². The van der Waals surface area contributed by atoms with Gasteiger partial charge in [0, 0.05) is 0 Å². The number of carbonyl (C=O) groups excluding carboxylic acids is 1. The standard InChI is InChI=1S/C13H17NO3/c1-16-13(15)12-11(7-8-14-12)17-9-10-5-3-2-4-6-10/h2-6,11-12,14H,7-9H2,1H3/t11-,12-/m0/s1. The van der Waals surface area contributed by atoms with Gasteiger partial charge in [-0.3, -0.25) is 4.79 Å². The average molecular weight is 235 g/mol. The summed E-state index contributed by atoms with van der Waals surface area (Å²) in [5.41, 5.74) is 1.11. The molecule has 92 valence electrons. The third kappa shape index (κ3) is 3.05. The van der Waals surface area contributed by atoms with Crippen LogP contribution in [0.4, 0.5) is 0 Å². The van der Waals surface area contributed by atoms with Gasteiger partial charge in [-0.15, -0.1) is 0 Å². The molecule has 4 nitrogen and oxygen atoms in total. The van der Waals surface area contributed by atoms with Crippen LogP contribution in [0, 0.1) is 0 Å². The number of benzene rings is 1. The van der Waals surface area contributed by atoms with Crippen LogP contribution in [0.5, 0.6) is 0 Å². The Bertz CT molecular complexity index is 366. The molecule has 0 aliphatic carbocycles. The van der Waals surface area contributed by atoms with Crippen molar-refractivity contribution in [3.8, 4) is 0 Å². The van der Waals surface area contributed by atoms with Gasteiger partial charge in [-0.25, -0.2) is 0 Å². The second-order valence-electron chi connectivity index (χ2n) is 4.08. The molecule has 1 aromatic carbocycles. The third-order valence-corrected chi connectivity index (χ3v) is 2.93. The van der Waals surface area contributed by atoms with Crippen LogP contribution in [0.15, 0.2) is 30.3 Å². The monoisotopic (exact) mass is 235 g/mol. The van der Waals surface area contributed by atoms with Crippen molar-refractivity contribution >= 4 is 5.97 Å². The molecule has 2 atom stereocenters. The third-order valence-electron chi connectivity index (χ3n) is 2.93. The van der Waals surface area contributed by atoms with Crippen LogP contribution in [0.2, 0.25) is 0 Å². The van der Waals surface area contributed by atoms with Gasteiger partial charge in [0.15, 0.2) is 0 Å². The van der Waals surface area contributed by atoms with Crippen LogP contribution in [0.3, 0.4) is 0 Å². The van der Waals surface area contributed by atoms with Crippen molar-refractivity contribution in [3.05, 3.63) is 35.9 Å². The van der Waals surface area contributed by atoms with E-state index in [0.717, 1.165) is 18.5 Å². The van der Waals surface area contributed by atoms with Gasteiger partial charge in [0.1, 0.15) is 6.04 Å². The Morgan fingerprint density at radius 2 is 2.18 bits per heavy atom. The quantitative estimate of drug-likeness (QED) is 0.794. The van der Waals surface area contributed by atoms with Crippen LogP contribution in [0.25, 0.3) is 0 Å². The number of hydrogen-bond acceptors (Lipinski definition) is 4. The van der Waals surface area contributed by atoms with Gasteiger partial charge in [0.2, 0.25) is 0 Å². The molecule has 1 N–H and O–H groups in total. The highest BCUT2D eigenvalue weighted by molar-refractivity contribution is 5.76. The van der Waals surface area contributed by atoms with Crippen molar-refractivity contribution in [3.63, 3.8) is 0 Å². The minimum atomic E-state index is -0.330. The Morgan fingerprint density at radius 3 is 2.88 bits per heavy atom. The summed E-state index contributed by atoms with van der Waals surface area (Å²) in [4.78, 5) is 11.5. The first-order chi connectivity index (χ1) is 8.31. The van der Waals surface area contributed by atoms with Gasteiger partial charge in [0.25, 0.3) is 0 Å². The molecule has 2 rings (SSSR count). The maximum atomic E-state index is 11.5. The fourth-order valence-corrected chi connectivity index (χ4v) is 2.00. The predicted octanol–water partition coefficient (Wildman–Crippen LogP) is 1.11. The number of carbonyl (C=O) groups is 1. The zero-order valence-corrected chi connectivity index (χ0v) is 9.89. The lowest BCUT2D eigenvalue weighted by molar-refractivity contribution is -0.146. The number of ether oxygens (including phenoxy) is 2. The molecule has 0 bridgehead atoms. The lowest BCUT2D eigenvalue weighted by atomic mass is 10.1. The van der Waals surface area contributed by atoms with Crippen LogP contribution in [0.1, 0.15) is 12.0 Å². The molecule has 0 spiro atoms. The molecule has 17 heavy (non-hydrogen) atoms. The second kappa shape index (κ2) is 5.80. The Kier molecular flexibility index (Phi) is 4.12. The van der Waals surface area contributed by atoms with Crippen molar-refractivity contribution in [2.24, 2.45) is 0 Å². The number of nitrogens with one attached hydrogen (secondary N) is 1. The molecule has 0 radical (unpaired) electrons. The lowest BCUT2D eigenvalue weighted by Crippen LogP contribution is -2.40. The molecule has 1 aliphatic heterocycles. The van der Waals surface area contributed by atoms with E-state index in [1.54, 1.807) is 0 Å². The molecule has 0 aromatic heterocycles. The molecule has 1 aliphatic rings. The van der Waals surface area contributed by atoms with E-state index >= 15 is 0 Å². The Labute approximate surface area is 101 Å². The van der Waals surface area contributed by atoms with Crippen LogP contribution in [-0.2, 0) is 20.9 Å². The van der Waals surface area contributed by atoms with Gasteiger partial charge in [-0.05, 0) is 18.5 Å². The number of hydrogen-bond donors (Lipinski definition) is 1. The highest BCUT2D eigenvalue weighted by atomic mass is 16.5. The largest absolute Gasteiger partial charge is 0.468 e. The summed E-state index contributed by atoms with van der Waals surface area (Å²) in [5.74, 6) is -0.249. The summed E-state index contributed by atoms with van der Waals surface area (Å²) < 4.78 is 10.5. The molecule has 1 saturated heterocycles. The number of rotatable bonds is 4.